The largest absolute Gasteiger partial charge is 0.494 e. The van der Waals surface area contributed by atoms with E-state index < -0.39 is 21.4 Å². The number of aromatic amines is 1. The number of anilines is 1. The zero-order valence-electron chi connectivity index (χ0n) is 21.9. The van der Waals surface area contributed by atoms with E-state index in [4.69, 9.17) is 25.8 Å². The van der Waals surface area contributed by atoms with Gasteiger partial charge < -0.3 is 14.2 Å². The van der Waals surface area contributed by atoms with Crippen LogP contribution in [0.4, 0.5) is 5.95 Å². The van der Waals surface area contributed by atoms with Crippen LogP contribution in [0.3, 0.4) is 0 Å². The number of fused-ring (bicyclic) bond motifs is 1. The highest BCUT2D eigenvalue weighted by Gasteiger charge is 2.35. The summed E-state index contributed by atoms with van der Waals surface area (Å²) in [6.07, 6.45) is 3.48. The van der Waals surface area contributed by atoms with Crippen LogP contribution in [0.15, 0.2) is 55.0 Å². The van der Waals surface area contributed by atoms with Crippen molar-refractivity contribution in [2.24, 2.45) is 0 Å². The SMILES string of the molecule is COc1cccc(OC)c1-n1c(NS(=O)(=O)[C@@H](C)[C@H](OC)c2ncc(Cl)cn2)nnc1-c1cccc2c[nH]nc12. The van der Waals surface area contributed by atoms with Crippen molar-refractivity contribution in [3.05, 3.63) is 65.8 Å². The van der Waals surface area contributed by atoms with Crippen molar-refractivity contribution in [2.75, 3.05) is 26.1 Å². The molecule has 0 unspecified atom stereocenters. The van der Waals surface area contributed by atoms with Gasteiger partial charge in [-0.2, -0.15) is 5.10 Å². The van der Waals surface area contributed by atoms with Crippen LogP contribution in [0, 0.1) is 0 Å². The van der Waals surface area contributed by atoms with Gasteiger partial charge in [-0.25, -0.2) is 18.4 Å². The smallest absolute Gasteiger partial charge is 0.243 e. The van der Waals surface area contributed by atoms with Crippen LogP contribution >= 0.6 is 11.6 Å². The maximum atomic E-state index is 13.7. The minimum atomic E-state index is -4.17. The lowest BCUT2D eigenvalue weighted by Gasteiger charge is -2.23. The molecule has 0 saturated heterocycles. The van der Waals surface area contributed by atoms with Gasteiger partial charge in [0, 0.05) is 36.7 Å². The van der Waals surface area contributed by atoms with E-state index in [2.05, 4.69) is 35.1 Å². The van der Waals surface area contributed by atoms with Crippen molar-refractivity contribution in [1.82, 2.24) is 34.9 Å². The normalized spacial score (nSPS) is 13.2. The molecule has 0 amide bonds. The summed E-state index contributed by atoms with van der Waals surface area (Å²) in [5, 5.41) is 15.8. The van der Waals surface area contributed by atoms with Crippen molar-refractivity contribution in [2.45, 2.75) is 18.3 Å². The van der Waals surface area contributed by atoms with Gasteiger partial charge >= 0.3 is 0 Å². The minimum absolute atomic E-state index is 0.107. The third-order valence-electron chi connectivity index (χ3n) is 6.29. The van der Waals surface area contributed by atoms with Gasteiger partial charge in [0.2, 0.25) is 16.0 Å². The van der Waals surface area contributed by atoms with Crippen molar-refractivity contribution in [3.63, 3.8) is 0 Å². The monoisotopic (exact) mass is 584 g/mol. The van der Waals surface area contributed by atoms with Gasteiger partial charge in [0.15, 0.2) is 11.6 Å². The first-order valence-corrected chi connectivity index (χ1v) is 13.8. The fourth-order valence-electron chi connectivity index (χ4n) is 4.30. The molecule has 3 heterocycles. The number of nitrogens with zero attached hydrogens (tertiary/aromatic N) is 6. The summed E-state index contributed by atoms with van der Waals surface area (Å²) in [4.78, 5) is 8.27. The number of hydrogen-bond acceptors (Lipinski definition) is 10. The molecule has 2 atom stereocenters. The van der Waals surface area contributed by atoms with Gasteiger partial charge in [-0.1, -0.05) is 29.8 Å². The number of para-hydroxylation sites is 2. The molecule has 15 heteroatoms. The van der Waals surface area contributed by atoms with Crippen molar-refractivity contribution >= 4 is 38.5 Å². The average molecular weight is 585 g/mol. The van der Waals surface area contributed by atoms with E-state index in [9.17, 15) is 8.42 Å². The quantitative estimate of drug-likeness (QED) is 0.247. The number of benzene rings is 2. The molecule has 0 aliphatic carbocycles. The number of sulfonamides is 1. The van der Waals surface area contributed by atoms with Gasteiger partial charge in [-0.05, 0) is 25.1 Å². The zero-order chi connectivity index (χ0) is 28.4. The zero-order valence-corrected chi connectivity index (χ0v) is 23.4. The van der Waals surface area contributed by atoms with Gasteiger partial charge in [0.05, 0.1) is 19.2 Å². The van der Waals surface area contributed by atoms with E-state index in [0.717, 1.165) is 5.39 Å². The Labute approximate surface area is 234 Å². The Morgan fingerprint density at radius 1 is 1.00 bits per heavy atom. The molecule has 40 heavy (non-hydrogen) atoms. The number of nitrogens with one attached hydrogen (secondary N) is 2. The van der Waals surface area contributed by atoms with Gasteiger partial charge in [0.25, 0.3) is 0 Å². The van der Waals surface area contributed by atoms with Crippen molar-refractivity contribution < 1.29 is 22.6 Å². The Balaban J connectivity index is 1.66. The Bertz CT molecular complexity index is 1730. The van der Waals surface area contributed by atoms with Crippen LogP contribution < -0.4 is 14.2 Å². The molecule has 0 bridgehead atoms. The minimum Gasteiger partial charge on any atom is -0.494 e. The molecule has 2 aromatic carbocycles. The molecule has 5 rings (SSSR count). The van der Waals surface area contributed by atoms with Crippen LogP contribution in [0.1, 0.15) is 18.9 Å². The summed E-state index contributed by atoms with van der Waals surface area (Å²) in [5.41, 5.74) is 1.60. The van der Waals surface area contributed by atoms with E-state index in [-0.39, 0.29) is 11.8 Å². The first-order chi connectivity index (χ1) is 19.3. The highest BCUT2D eigenvalue weighted by molar-refractivity contribution is 7.93. The molecule has 2 N–H and O–H groups in total. The summed E-state index contributed by atoms with van der Waals surface area (Å²) in [6.45, 7) is 1.48. The first-order valence-electron chi connectivity index (χ1n) is 11.9. The third-order valence-corrected chi connectivity index (χ3v) is 8.18. The van der Waals surface area contributed by atoms with Gasteiger partial charge in [-0.15, -0.1) is 10.2 Å². The highest BCUT2D eigenvalue weighted by Crippen LogP contribution is 2.39. The fraction of sp³-hybridized carbons (Fsp3) is 0.240. The standard InChI is InChI=1S/C25H25ClN8O5S/c1-14(22(39-4)23-27-12-16(26)13-28-23)40(35,36)33-25-32-31-24(17-8-5-7-15-11-29-30-20(15)17)34(25)21-18(37-2)9-6-10-19(21)38-3/h5-14,22H,1-4H3,(H,29,30)(H,32,33)/t14-,22-/m0/s1. The van der Waals surface area contributed by atoms with E-state index in [1.807, 2.05) is 18.2 Å². The molecule has 0 saturated carbocycles. The molecule has 208 valence electrons. The molecule has 13 nitrogen and oxygen atoms in total. The molecule has 0 fully saturated rings. The Morgan fingerprint density at radius 2 is 1.68 bits per heavy atom. The molecule has 5 aromatic rings. The summed E-state index contributed by atoms with van der Waals surface area (Å²) >= 11 is 5.90. The lowest BCUT2D eigenvalue weighted by atomic mass is 10.1. The lowest BCUT2D eigenvalue weighted by molar-refractivity contribution is 0.0950. The predicted molar refractivity (Wildman–Crippen MR) is 148 cm³/mol. The van der Waals surface area contributed by atoms with Crippen LogP contribution in [-0.4, -0.2) is 69.9 Å². The second-order valence-electron chi connectivity index (χ2n) is 8.59. The number of methoxy groups -OCH3 is 3. The summed E-state index contributed by atoms with van der Waals surface area (Å²) < 4.78 is 48.3. The Morgan fingerprint density at radius 3 is 2.33 bits per heavy atom. The van der Waals surface area contributed by atoms with Crippen molar-refractivity contribution in [3.8, 4) is 28.6 Å². The summed E-state index contributed by atoms with van der Waals surface area (Å²) in [7, 11) is 0.203. The number of H-pyrrole nitrogens is 1. The molecule has 3 aromatic heterocycles. The number of ether oxygens (including phenoxy) is 3. The van der Waals surface area contributed by atoms with Gasteiger partial charge in [-0.3, -0.25) is 14.4 Å². The molecule has 0 aliphatic heterocycles. The van der Waals surface area contributed by atoms with Crippen molar-refractivity contribution in [1.29, 1.82) is 0 Å². The number of aromatic nitrogens is 7. The number of rotatable bonds is 10. The predicted octanol–water partition coefficient (Wildman–Crippen LogP) is 3.79. The maximum absolute atomic E-state index is 13.7. The molecule has 0 spiro atoms. The average Bonchev–Trinajstić information content (AvgIpc) is 3.60. The van der Waals surface area contributed by atoms with E-state index >= 15 is 0 Å². The molecule has 0 radical (unpaired) electrons. The Hall–Kier alpha value is -4.27. The second kappa shape index (κ2) is 11.1. The third kappa shape index (κ3) is 4.92. The maximum Gasteiger partial charge on any atom is 0.243 e. The molecular weight excluding hydrogens is 560 g/mol. The lowest BCUT2D eigenvalue weighted by Crippen LogP contribution is -2.33. The summed E-state index contributed by atoms with van der Waals surface area (Å²) in [5.74, 6) is 1.14. The second-order valence-corrected chi connectivity index (χ2v) is 11.1. The van der Waals surface area contributed by atoms with Crippen LogP contribution in [-0.2, 0) is 14.8 Å². The highest BCUT2D eigenvalue weighted by atomic mass is 35.5. The van der Waals surface area contributed by atoms with Crippen LogP contribution in [0.25, 0.3) is 28.0 Å². The molecular formula is C25H25ClN8O5S. The number of halogens is 1. The topological polar surface area (TPSA) is 159 Å². The van der Waals surface area contributed by atoms with Gasteiger partial charge in [0.1, 0.15) is 34.1 Å². The Kier molecular flexibility index (Phi) is 7.56. The molecule has 0 aliphatic rings. The number of hydrogen-bond donors (Lipinski definition) is 2. The van der Waals surface area contributed by atoms with Crippen LogP contribution in [0.5, 0.6) is 11.5 Å². The fourth-order valence-corrected chi connectivity index (χ4v) is 5.53. The van der Waals surface area contributed by atoms with Crippen LogP contribution in [0.2, 0.25) is 5.02 Å². The first kappa shape index (κ1) is 27.3. The van der Waals surface area contributed by atoms with E-state index in [1.165, 1.54) is 45.2 Å². The van der Waals surface area contributed by atoms with E-state index in [0.29, 0.717) is 39.1 Å². The van der Waals surface area contributed by atoms with E-state index in [1.54, 1.807) is 24.4 Å². The summed E-state index contributed by atoms with van der Waals surface area (Å²) in [6, 6.07) is 10.7.